The summed E-state index contributed by atoms with van der Waals surface area (Å²) in [7, 11) is 0. The molecule has 0 saturated heterocycles. The van der Waals surface area contributed by atoms with Crippen LogP contribution in [0.3, 0.4) is 0 Å². The molecule has 0 N–H and O–H groups in total. The molecule has 0 saturated carbocycles. The van der Waals surface area contributed by atoms with Gasteiger partial charge in [0.05, 0.1) is 30.5 Å². The Bertz CT molecular complexity index is 328. The Labute approximate surface area is 85.1 Å². The third-order valence-corrected chi connectivity index (χ3v) is 1.66. The number of hydrogen-bond donors (Lipinski definition) is 0. The molecule has 0 spiro atoms. The van der Waals surface area contributed by atoms with Crippen LogP contribution in [0.1, 0.15) is 26.3 Å². The van der Waals surface area contributed by atoms with Gasteiger partial charge in [0.25, 0.3) is 0 Å². The predicted octanol–water partition coefficient (Wildman–Crippen LogP) is 1.68. The van der Waals surface area contributed by atoms with Crippen molar-refractivity contribution in [2.24, 2.45) is 0 Å². The van der Waals surface area contributed by atoms with Crippen molar-refractivity contribution in [2.45, 2.75) is 32.9 Å². The molecule has 0 atom stereocenters. The van der Waals surface area contributed by atoms with E-state index in [1.165, 1.54) is 0 Å². The number of terminal acetylenes is 1. The van der Waals surface area contributed by atoms with Gasteiger partial charge in [0.15, 0.2) is 0 Å². The van der Waals surface area contributed by atoms with E-state index in [0.717, 1.165) is 12.1 Å². The highest BCUT2D eigenvalue weighted by Gasteiger charge is 2.09. The summed E-state index contributed by atoms with van der Waals surface area (Å²) < 4.78 is 7.36. The van der Waals surface area contributed by atoms with Crippen LogP contribution in [0.2, 0.25) is 0 Å². The van der Waals surface area contributed by atoms with Gasteiger partial charge in [-0.25, -0.2) is 0 Å². The van der Waals surface area contributed by atoms with E-state index in [1.54, 1.807) is 10.9 Å². The molecule has 3 nitrogen and oxygen atoms in total. The highest BCUT2D eigenvalue weighted by Crippen LogP contribution is 2.06. The first-order chi connectivity index (χ1) is 6.51. The third kappa shape index (κ3) is 3.63. The highest BCUT2D eigenvalue weighted by atomic mass is 16.5. The summed E-state index contributed by atoms with van der Waals surface area (Å²) in [4.78, 5) is 0. The van der Waals surface area contributed by atoms with Crippen molar-refractivity contribution in [1.29, 1.82) is 0 Å². The molecule has 3 heteroatoms. The summed E-state index contributed by atoms with van der Waals surface area (Å²) in [6.45, 7) is 7.48. The molecule has 0 bridgehead atoms. The summed E-state index contributed by atoms with van der Waals surface area (Å²) >= 11 is 0. The van der Waals surface area contributed by atoms with Gasteiger partial charge in [-0.1, -0.05) is 5.92 Å². The van der Waals surface area contributed by atoms with E-state index < -0.39 is 0 Å². The molecule has 76 valence electrons. The zero-order chi connectivity index (χ0) is 10.6. The number of aromatic nitrogens is 2. The van der Waals surface area contributed by atoms with Gasteiger partial charge in [0.2, 0.25) is 0 Å². The zero-order valence-electron chi connectivity index (χ0n) is 8.95. The van der Waals surface area contributed by atoms with Gasteiger partial charge in [-0.3, -0.25) is 4.68 Å². The molecule has 0 radical (unpaired) electrons. The van der Waals surface area contributed by atoms with E-state index in [9.17, 15) is 0 Å². The number of ether oxygens (including phenoxy) is 1. The van der Waals surface area contributed by atoms with Gasteiger partial charge in [-0.15, -0.1) is 6.42 Å². The molecular formula is C11H16N2O. The topological polar surface area (TPSA) is 27.1 Å². The molecule has 14 heavy (non-hydrogen) atoms. The summed E-state index contributed by atoms with van der Waals surface area (Å²) in [5, 5.41) is 4.10. The van der Waals surface area contributed by atoms with Gasteiger partial charge >= 0.3 is 0 Å². The molecule has 0 unspecified atom stereocenters. The van der Waals surface area contributed by atoms with E-state index in [-0.39, 0.29) is 5.60 Å². The lowest BCUT2D eigenvalue weighted by atomic mass is 10.2. The first-order valence-electron chi connectivity index (χ1n) is 4.64. The monoisotopic (exact) mass is 192 g/mol. The SMILES string of the molecule is C#Cc1cnn(CCOC(C)(C)C)c1. The molecule has 1 aromatic heterocycles. The van der Waals surface area contributed by atoms with Crippen molar-refractivity contribution in [1.82, 2.24) is 9.78 Å². The number of nitrogens with zero attached hydrogens (tertiary/aromatic N) is 2. The van der Waals surface area contributed by atoms with Gasteiger partial charge < -0.3 is 4.74 Å². The largest absolute Gasteiger partial charge is 0.374 e. The lowest BCUT2D eigenvalue weighted by Gasteiger charge is -2.19. The van der Waals surface area contributed by atoms with Crippen molar-refractivity contribution in [3.05, 3.63) is 18.0 Å². The summed E-state index contributed by atoms with van der Waals surface area (Å²) in [6, 6.07) is 0. The van der Waals surface area contributed by atoms with Crippen LogP contribution in [-0.4, -0.2) is 22.0 Å². The molecule has 1 heterocycles. The lowest BCUT2D eigenvalue weighted by molar-refractivity contribution is -0.00789. The maximum atomic E-state index is 5.56. The number of rotatable bonds is 3. The molecule has 0 aliphatic carbocycles. The third-order valence-electron chi connectivity index (χ3n) is 1.66. The fourth-order valence-corrected chi connectivity index (χ4v) is 1.01. The first kappa shape index (κ1) is 10.8. The molecule has 0 aromatic carbocycles. The van der Waals surface area contributed by atoms with Gasteiger partial charge in [-0.05, 0) is 20.8 Å². The maximum absolute atomic E-state index is 5.56. The molecular weight excluding hydrogens is 176 g/mol. The Morgan fingerprint density at radius 3 is 2.79 bits per heavy atom. The molecule has 1 rings (SSSR count). The summed E-state index contributed by atoms with van der Waals surface area (Å²) in [5.74, 6) is 2.53. The van der Waals surface area contributed by atoms with Crippen LogP contribution in [0.4, 0.5) is 0 Å². The summed E-state index contributed by atoms with van der Waals surface area (Å²) in [5.41, 5.74) is 0.711. The quantitative estimate of drug-likeness (QED) is 0.681. The second-order valence-corrected chi connectivity index (χ2v) is 4.10. The van der Waals surface area contributed by atoms with Gasteiger partial charge in [0, 0.05) is 6.20 Å². The first-order valence-corrected chi connectivity index (χ1v) is 4.64. The summed E-state index contributed by atoms with van der Waals surface area (Å²) in [6.07, 6.45) is 8.74. The fourth-order valence-electron chi connectivity index (χ4n) is 1.01. The van der Waals surface area contributed by atoms with Crippen molar-refractivity contribution in [3.8, 4) is 12.3 Å². The average molecular weight is 192 g/mol. The van der Waals surface area contributed by atoms with Gasteiger partial charge in [-0.2, -0.15) is 5.10 Å². The molecule has 0 amide bonds. The normalized spacial score (nSPS) is 11.3. The van der Waals surface area contributed by atoms with Crippen LogP contribution in [0.25, 0.3) is 0 Å². The number of hydrogen-bond acceptors (Lipinski definition) is 2. The van der Waals surface area contributed by atoms with Crippen LogP contribution in [0.15, 0.2) is 12.4 Å². The Morgan fingerprint density at radius 1 is 1.57 bits per heavy atom. The highest BCUT2D eigenvalue weighted by molar-refractivity contribution is 5.25. The van der Waals surface area contributed by atoms with Crippen LogP contribution in [-0.2, 0) is 11.3 Å². The zero-order valence-corrected chi connectivity index (χ0v) is 8.95. The molecule has 1 aromatic rings. The fraction of sp³-hybridized carbons (Fsp3) is 0.545. The Morgan fingerprint density at radius 2 is 2.29 bits per heavy atom. The Kier molecular flexibility index (Phi) is 3.32. The minimum absolute atomic E-state index is 0.0951. The second-order valence-electron chi connectivity index (χ2n) is 4.10. The lowest BCUT2D eigenvalue weighted by Crippen LogP contribution is -2.21. The molecule has 0 fully saturated rings. The Balaban J connectivity index is 2.36. The van der Waals surface area contributed by atoms with E-state index in [4.69, 9.17) is 11.2 Å². The van der Waals surface area contributed by atoms with Crippen LogP contribution in [0.5, 0.6) is 0 Å². The maximum Gasteiger partial charge on any atom is 0.0669 e. The van der Waals surface area contributed by atoms with Crippen LogP contribution < -0.4 is 0 Å². The minimum atomic E-state index is -0.0951. The molecule has 0 aliphatic heterocycles. The Hall–Kier alpha value is -1.27. The smallest absolute Gasteiger partial charge is 0.0669 e. The van der Waals surface area contributed by atoms with E-state index >= 15 is 0 Å². The van der Waals surface area contributed by atoms with E-state index in [2.05, 4.69) is 11.0 Å². The second kappa shape index (κ2) is 4.30. The minimum Gasteiger partial charge on any atom is -0.374 e. The van der Waals surface area contributed by atoms with Crippen molar-refractivity contribution in [3.63, 3.8) is 0 Å². The van der Waals surface area contributed by atoms with Crippen molar-refractivity contribution < 1.29 is 4.74 Å². The predicted molar refractivity (Wildman–Crippen MR) is 55.9 cm³/mol. The van der Waals surface area contributed by atoms with Crippen molar-refractivity contribution in [2.75, 3.05) is 6.61 Å². The van der Waals surface area contributed by atoms with Crippen LogP contribution in [0, 0.1) is 12.3 Å². The van der Waals surface area contributed by atoms with Crippen molar-refractivity contribution >= 4 is 0 Å². The van der Waals surface area contributed by atoms with Crippen LogP contribution >= 0.6 is 0 Å². The standard InChI is InChI=1S/C11H16N2O/c1-5-10-8-12-13(9-10)6-7-14-11(2,3)4/h1,8-9H,6-7H2,2-4H3. The van der Waals surface area contributed by atoms with E-state index in [1.807, 2.05) is 27.0 Å². The van der Waals surface area contributed by atoms with E-state index in [0.29, 0.717) is 6.61 Å². The molecule has 0 aliphatic rings. The average Bonchev–Trinajstić information content (AvgIpc) is 2.50. The van der Waals surface area contributed by atoms with Gasteiger partial charge in [0.1, 0.15) is 0 Å².